The van der Waals surface area contributed by atoms with Gasteiger partial charge in [-0.2, -0.15) is 10.1 Å². The second-order valence-electron chi connectivity index (χ2n) is 6.85. The maximum atomic E-state index is 11.8. The van der Waals surface area contributed by atoms with Crippen molar-refractivity contribution in [1.82, 2.24) is 25.1 Å². The molecule has 9 nitrogen and oxygen atoms in total. The van der Waals surface area contributed by atoms with Crippen LogP contribution in [-0.4, -0.2) is 70.5 Å². The number of carbonyl (C=O) groups is 1. The zero-order chi connectivity index (χ0) is 20.1. The van der Waals surface area contributed by atoms with Crippen molar-refractivity contribution in [2.24, 2.45) is 0 Å². The molecule has 9 heteroatoms. The van der Waals surface area contributed by atoms with Gasteiger partial charge in [-0.25, -0.2) is 4.79 Å². The summed E-state index contributed by atoms with van der Waals surface area (Å²) in [4.78, 5) is 23.4. The predicted octanol–water partition coefficient (Wildman–Crippen LogP) is 2.29. The molecule has 0 saturated carbocycles. The highest BCUT2D eigenvalue weighted by molar-refractivity contribution is 5.83. The first-order valence-electron chi connectivity index (χ1n) is 9.90. The van der Waals surface area contributed by atoms with Gasteiger partial charge in [0.15, 0.2) is 5.82 Å². The number of hydrogen-bond acceptors (Lipinski definition) is 7. The van der Waals surface area contributed by atoms with E-state index in [2.05, 4.69) is 49.9 Å². The van der Waals surface area contributed by atoms with Crippen molar-refractivity contribution in [2.45, 2.75) is 13.3 Å². The summed E-state index contributed by atoms with van der Waals surface area (Å²) in [7, 11) is 0. The Morgan fingerprint density at radius 2 is 2.07 bits per heavy atom. The van der Waals surface area contributed by atoms with Gasteiger partial charge in [0.1, 0.15) is 0 Å². The predicted molar refractivity (Wildman–Crippen MR) is 111 cm³/mol. The molecular weight excluding hydrogens is 370 g/mol. The van der Waals surface area contributed by atoms with E-state index in [0.717, 1.165) is 18.5 Å². The Morgan fingerprint density at radius 1 is 1.24 bits per heavy atom. The lowest BCUT2D eigenvalue weighted by atomic mass is 10.1. The summed E-state index contributed by atoms with van der Waals surface area (Å²) in [5.74, 6) is 1.27. The Balaban J connectivity index is 1.31. The molecule has 1 aliphatic heterocycles. The van der Waals surface area contributed by atoms with Crippen LogP contribution in [0.5, 0.6) is 0 Å². The van der Waals surface area contributed by atoms with Gasteiger partial charge in [-0.1, -0.05) is 18.2 Å². The Labute approximate surface area is 169 Å². The number of benzene rings is 1. The van der Waals surface area contributed by atoms with Gasteiger partial charge in [0.05, 0.1) is 12.8 Å². The van der Waals surface area contributed by atoms with E-state index in [0.29, 0.717) is 44.6 Å². The highest BCUT2D eigenvalue weighted by atomic mass is 16.6. The molecule has 4 rings (SSSR count). The van der Waals surface area contributed by atoms with Gasteiger partial charge < -0.3 is 24.8 Å². The van der Waals surface area contributed by atoms with Crippen LogP contribution in [0.2, 0.25) is 0 Å². The zero-order valence-electron chi connectivity index (χ0n) is 16.5. The molecule has 1 fully saturated rings. The van der Waals surface area contributed by atoms with E-state index in [1.165, 1.54) is 10.9 Å². The number of fused-ring (bicyclic) bond motifs is 1. The van der Waals surface area contributed by atoms with Gasteiger partial charge >= 0.3 is 6.09 Å². The number of H-pyrrole nitrogens is 1. The van der Waals surface area contributed by atoms with Crippen LogP contribution in [0, 0.1) is 0 Å². The van der Waals surface area contributed by atoms with Gasteiger partial charge in [-0.05, 0) is 25.0 Å². The van der Waals surface area contributed by atoms with Crippen molar-refractivity contribution in [3.8, 4) is 0 Å². The number of para-hydroxylation sites is 1. The highest BCUT2D eigenvalue weighted by Crippen LogP contribution is 2.18. The molecular formula is C20H25N7O2. The van der Waals surface area contributed by atoms with E-state index in [9.17, 15) is 4.79 Å². The number of hydrogen-bond donors (Lipinski definition) is 2. The van der Waals surface area contributed by atoms with Crippen molar-refractivity contribution in [3.63, 3.8) is 0 Å². The number of anilines is 2. The average molecular weight is 395 g/mol. The summed E-state index contributed by atoms with van der Waals surface area (Å²) < 4.78 is 5.06. The van der Waals surface area contributed by atoms with E-state index in [1.807, 2.05) is 17.9 Å². The molecule has 0 spiro atoms. The summed E-state index contributed by atoms with van der Waals surface area (Å²) >= 11 is 0. The molecule has 1 aliphatic rings. The third kappa shape index (κ3) is 4.39. The summed E-state index contributed by atoms with van der Waals surface area (Å²) in [6.45, 7) is 5.42. The van der Waals surface area contributed by atoms with Crippen LogP contribution in [0.1, 0.15) is 12.5 Å². The number of rotatable bonds is 6. The maximum absolute atomic E-state index is 11.8. The number of amides is 1. The molecule has 3 heterocycles. The van der Waals surface area contributed by atoms with Crippen LogP contribution < -0.4 is 10.2 Å². The summed E-state index contributed by atoms with van der Waals surface area (Å²) in [6.07, 6.45) is 4.30. The van der Waals surface area contributed by atoms with Gasteiger partial charge in [-0.3, -0.25) is 0 Å². The first-order chi connectivity index (χ1) is 14.2. The van der Waals surface area contributed by atoms with E-state index in [1.54, 1.807) is 11.1 Å². The van der Waals surface area contributed by atoms with Crippen LogP contribution in [0.4, 0.5) is 16.6 Å². The fourth-order valence-corrected chi connectivity index (χ4v) is 3.48. The average Bonchev–Trinajstić information content (AvgIpc) is 3.17. The minimum atomic E-state index is -0.265. The lowest BCUT2D eigenvalue weighted by molar-refractivity contribution is 0.105. The minimum Gasteiger partial charge on any atom is -0.450 e. The van der Waals surface area contributed by atoms with E-state index < -0.39 is 0 Å². The smallest absolute Gasteiger partial charge is 0.409 e. The van der Waals surface area contributed by atoms with Gasteiger partial charge in [0.25, 0.3) is 0 Å². The van der Waals surface area contributed by atoms with Gasteiger partial charge in [-0.15, -0.1) is 5.10 Å². The Kier molecular flexibility index (Phi) is 5.73. The van der Waals surface area contributed by atoms with Crippen LogP contribution in [0.25, 0.3) is 10.9 Å². The van der Waals surface area contributed by atoms with Crippen LogP contribution in [0.3, 0.4) is 0 Å². The largest absolute Gasteiger partial charge is 0.450 e. The fraction of sp³-hybridized carbons (Fsp3) is 0.400. The van der Waals surface area contributed by atoms with E-state index in [-0.39, 0.29) is 6.09 Å². The second kappa shape index (κ2) is 8.76. The lowest BCUT2D eigenvalue weighted by Gasteiger charge is -2.33. The number of carbonyl (C=O) groups excluding carboxylic acids is 1. The van der Waals surface area contributed by atoms with E-state index in [4.69, 9.17) is 4.74 Å². The molecule has 0 unspecified atom stereocenters. The Morgan fingerprint density at radius 3 is 2.90 bits per heavy atom. The quantitative estimate of drug-likeness (QED) is 0.661. The highest BCUT2D eigenvalue weighted by Gasteiger charge is 2.23. The number of piperazine rings is 1. The van der Waals surface area contributed by atoms with Crippen LogP contribution in [-0.2, 0) is 11.2 Å². The molecule has 152 valence electrons. The van der Waals surface area contributed by atoms with Gasteiger partial charge in [0, 0.05) is 49.8 Å². The normalized spacial score (nSPS) is 14.2. The number of ether oxygens (including phenoxy) is 1. The molecule has 1 amide bonds. The molecule has 1 aromatic carbocycles. The second-order valence-corrected chi connectivity index (χ2v) is 6.85. The fourth-order valence-electron chi connectivity index (χ4n) is 3.48. The van der Waals surface area contributed by atoms with Crippen molar-refractivity contribution in [2.75, 3.05) is 49.5 Å². The van der Waals surface area contributed by atoms with Gasteiger partial charge in [0.2, 0.25) is 5.95 Å². The third-order valence-corrected chi connectivity index (χ3v) is 5.01. The standard InChI is InChI=1S/C20H25N7O2/c1-2-29-20(28)27-11-9-26(10-12-27)19-24-18(14-23-25-19)21-8-7-15-13-22-17-6-4-3-5-16(15)17/h3-6,13-14,22H,2,7-12H2,1H3,(H,21,24,25). The number of nitrogens with one attached hydrogen (secondary N) is 2. The number of aromatic amines is 1. The molecule has 1 saturated heterocycles. The molecule has 3 aromatic rings. The number of nitrogens with zero attached hydrogens (tertiary/aromatic N) is 5. The monoisotopic (exact) mass is 395 g/mol. The molecule has 29 heavy (non-hydrogen) atoms. The topological polar surface area (TPSA) is 99.3 Å². The first-order valence-corrected chi connectivity index (χ1v) is 9.90. The minimum absolute atomic E-state index is 0.265. The third-order valence-electron chi connectivity index (χ3n) is 5.01. The zero-order valence-corrected chi connectivity index (χ0v) is 16.5. The Bertz CT molecular complexity index is 966. The van der Waals surface area contributed by atoms with Crippen LogP contribution in [0.15, 0.2) is 36.7 Å². The van der Waals surface area contributed by atoms with Crippen molar-refractivity contribution < 1.29 is 9.53 Å². The van der Waals surface area contributed by atoms with Crippen molar-refractivity contribution >= 4 is 28.8 Å². The summed E-state index contributed by atoms with van der Waals surface area (Å²) in [6, 6.07) is 8.28. The molecule has 0 bridgehead atoms. The molecule has 2 aromatic heterocycles. The van der Waals surface area contributed by atoms with E-state index >= 15 is 0 Å². The lowest BCUT2D eigenvalue weighted by Crippen LogP contribution is -2.49. The van der Waals surface area contributed by atoms with Crippen LogP contribution >= 0.6 is 0 Å². The Hall–Kier alpha value is -3.36. The first kappa shape index (κ1) is 19.0. The summed E-state index contributed by atoms with van der Waals surface area (Å²) in [5.41, 5.74) is 2.42. The molecule has 0 atom stereocenters. The SMILES string of the molecule is CCOC(=O)N1CCN(c2nncc(NCCc3c[nH]c4ccccc34)n2)CC1. The summed E-state index contributed by atoms with van der Waals surface area (Å²) in [5, 5.41) is 12.8. The van der Waals surface area contributed by atoms with Crippen molar-refractivity contribution in [3.05, 3.63) is 42.2 Å². The maximum Gasteiger partial charge on any atom is 0.409 e. The number of aromatic nitrogens is 4. The molecule has 2 N–H and O–H groups in total. The molecule has 0 radical (unpaired) electrons. The van der Waals surface area contributed by atoms with Crippen molar-refractivity contribution in [1.29, 1.82) is 0 Å². The molecule has 0 aliphatic carbocycles.